The summed E-state index contributed by atoms with van der Waals surface area (Å²) in [7, 11) is 0. The smallest absolute Gasteiger partial charge is 0.309 e. The van der Waals surface area contributed by atoms with Crippen LogP contribution in [0.2, 0.25) is 0 Å². The van der Waals surface area contributed by atoms with Crippen LogP contribution in [0.25, 0.3) is 0 Å². The Hall–Kier alpha value is -2.18. The Morgan fingerprint density at radius 2 is 1.77 bits per heavy atom. The molecule has 140 valence electrons. The third-order valence-electron chi connectivity index (χ3n) is 4.15. The van der Waals surface area contributed by atoms with Crippen molar-refractivity contribution in [2.45, 2.75) is 34.3 Å². The Morgan fingerprint density at radius 1 is 1.08 bits per heavy atom. The fourth-order valence-electron chi connectivity index (χ4n) is 2.61. The first-order valence-corrected chi connectivity index (χ1v) is 9.63. The molecule has 6 heteroatoms. The zero-order valence-electron chi connectivity index (χ0n) is 15.8. The molecule has 0 saturated carbocycles. The molecule has 0 unspecified atom stereocenters. The van der Waals surface area contributed by atoms with Gasteiger partial charge in [-0.05, 0) is 68.8 Å². The SMILES string of the molecule is CCOc1cccc(N(O)C(=O)SC)c1COc1cc(C)c(C)cc1C. The molecule has 2 aromatic carbocycles. The van der Waals surface area contributed by atoms with Crippen LogP contribution in [0.5, 0.6) is 11.5 Å². The van der Waals surface area contributed by atoms with Crippen molar-refractivity contribution >= 4 is 22.7 Å². The third-order valence-corrected chi connectivity index (χ3v) is 4.67. The zero-order valence-corrected chi connectivity index (χ0v) is 16.6. The lowest BCUT2D eigenvalue weighted by Crippen LogP contribution is -2.24. The van der Waals surface area contributed by atoms with E-state index < -0.39 is 5.24 Å². The molecule has 0 aliphatic heterocycles. The maximum atomic E-state index is 11.9. The summed E-state index contributed by atoms with van der Waals surface area (Å²) in [5.41, 5.74) is 4.36. The molecule has 1 amide bonds. The van der Waals surface area contributed by atoms with Gasteiger partial charge in [0, 0.05) is 0 Å². The molecular formula is C20H25NO4S. The first-order chi connectivity index (χ1) is 12.4. The van der Waals surface area contributed by atoms with Gasteiger partial charge in [-0.3, -0.25) is 10.0 Å². The molecule has 1 N–H and O–H groups in total. The summed E-state index contributed by atoms with van der Waals surface area (Å²) >= 11 is 0.932. The van der Waals surface area contributed by atoms with Crippen LogP contribution in [0.4, 0.5) is 10.5 Å². The summed E-state index contributed by atoms with van der Waals surface area (Å²) in [6.45, 7) is 8.62. The van der Waals surface area contributed by atoms with E-state index in [0.29, 0.717) is 28.7 Å². The van der Waals surface area contributed by atoms with Crippen LogP contribution in [0.15, 0.2) is 30.3 Å². The Bertz CT molecular complexity index is 792. The maximum absolute atomic E-state index is 11.9. The molecule has 26 heavy (non-hydrogen) atoms. The molecule has 0 aliphatic carbocycles. The average molecular weight is 375 g/mol. The van der Waals surface area contributed by atoms with Gasteiger partial charge in [0.1, 0.15) is 18.1 Å². The number of hydrogen-bond acceptors (Lipinski definition) is 5. The number of rotatable bonds is 6. The van der Waals surface area contributed by atoms with Crippen LogP contribution in [0.1, 0.15) is 29.2 Å². The van der Waals surface area contributed by atoms with Gasteiger partial charge < -0.3 is 9.47 Å². The summed E-state index contributed by atoms with van der Waals surface area (Å²) in [6, 6.07) is 9.29. The van der Waals surface area contributed by atoms with E-state index in [9.17, 15) is 10.0 Å². The van der Waals surface area contributed by atoms with E-state index >= 15 is 0 Å². The summed E-state index contributed by atoms with van der Waals surface area (Å²) in [5.74, 6) is 1.35. The summed E-state index contributed by atoms with van der Waals surface area (Å²) in [6.07, 6.45) is 1.62. The predicted octanol–water partition coefficient (Wildman–Crippen LogP) is 5.27. The number of hydroxylamine groups is 1. The van der Waals surface area contributed by atoms with Crippen LogP contribution in [-0.4, -0.2) is 23.3 Å². The minimum Gasteiger partial charge on any atom is -0.493 e. The number of thioether (sulfide) groups is 1. The Labute approximate surface area is 158 Å². The quantitative estimate of drug-likeness (QED) is 0.551. The topological polar surface area (TPSA) is 59.0 Å². The van der Waals surface area contributed by atoms with E-state index in [1.165, 1.54) is 5.56 Å². The first kappa shape index (κ1) is 20.1. The monoisotopic (exact) mass is 375 g/mol. The van der Waals surface area contributed by atoms with E-state index in [-0.39, 0.29) is 6.61 Å². The van der Waals surface area contributed by atoms with Gasteiger partial charge in [0.05, 0.1) is 17.9 Å². The predicted molar refractivity (Wildman–Crippen MR) is 106 cm³/mol. The third kappa shape index (κ3) is 4.51. The van der Waals surface area contributed by atoms with Crippen molar-refractivity contribution in [1.82, 2.24) is 0 Å². The lowest BCUT2D eigenvalue weighted by molar-refractivity contribution is 0.223. The van der Waals surface area contributed by atoms with Crippen LogP contribution in [0, 0.1) is 20.8 Å². The number of amides is 1. The molecule has 5 nitrogen and oxygen atoms in total. The van der Waals surface area contributed by atoms with E-state index in [1.807, 2.05) is 26.8 Å². The molecule has 2 aromatic rings. The van der Waals surface area contributed by atoms with Gasteiger partial charge in [-0.2, -0.15) is 5.06 Å². The van der Waals surface area contributed by atoms with E-state index in [2.05, 4.69) is 13.0 Å². The van der Waals surface area contributed by atoms with Crippen molar-refractivity contribution in [1.29, 1.82) is 0 Å². The van der Waals surface area contributed by atoms with Gasteiger partial charge in [0.15, 0.2) is 0 Å². The fourth-order valence-corrected chi connectivity index (χ4v) is 2.88. The second-order valence-electron chi connectivity index (χ2n) is 5.96. The molecule has 0 atom stereocenters. The average Bonchev–Trinajstić information content (AvgIpc) is 2.63. The molecule has 0 saturated heterocycles. The van der Waals surface area contributed by atoms with Crippen molar-refractivity contribution in [3.05, 3.63) is 52.6 Å². The molecule has 0 bridgehead atoms. The van der Waals surface area contributed by atoms with E-state index in [1.54, 1.807) is 24.5 Å². The molecule has 0 heterocycles. The lowest BCUT2D eigenvalue weighted by Gasteiger charge is -2.21. The summed E-state index contributed by atoms with van der Waals surface area (Å²) in [5, 5.41) is 10.4. The largest absolute Gasteiger partial charge is 0.493 e. The Morgan fingerprint density at radius 3 is 2.42 bits per heavy atom. The Balaban J connectivity index is 2.37. The van der Waals surface area contributed by atoms with Gasteiger partial charge in [0.2, 0.25) is 0 Å². The lowest BCUT2D eigenvalue weighted by atomic mass is 10.1. The number of nitrogens with zero attached hydrogens (tertiary/aromatic N) is 1. The second-order valence-corrected chi connectivity index (χ2v) is 6.72. The highest BCUT2D eigenvalue weighted by atomic mass is 32.2. The van der Waals surface area contributed by atoms with E-state index in [0.717, 1.165) is 28.6 Å². The standard InChI is InChI=1S/C20H25NO4S/c1-6-24-18-9-7-8-17(21(23)20(22)26-5)16(18)12-25-19-11-14(3)13(2)10-15(19)4/h7-11,23H,6,12H2,1-5H3. The molecule has 0 aliphatic rings. The normalized spacial score (nSPS) is 10.5. The number of hydrogen-bond donors (Lipinski definition) is 1. The number of ether oxygens (including phenoxy) is 2. The van der Waals surface area contributed by atoms with Crippen LogP contribution >= 0.6 is 11.8 Å². The first-order valence-electron chi connectivity index (χ1n) is 8.41. The molecular weight excluding hydrogens is 350 g/mol. The van der Waals surface area contributed by atoms with Crippen molar-refractivity contribution in [2.75, 3.05) is 17.9 Å². The van der Waals surface area contributed by atoms with Gasteiger partial charge in [0.25, 0.3) is 0 Å². The van der Waals surface area contributed by atoms with Crippen LogP contribution in [-0.2, 0) is 6.61 Å². The highest BCUT2D eigenvalue weighted by Gasteiger charge is 2.20. The fraction of sp³-hybridized carbons (Fsp3) is 0.350. The summed E-state index contributed by atoms with van der Waals surface area (Å²) < 4.78 is 11.7. The number of carbonyl (C=O) groups excluding carboxylic acids is 1. The summed E-state index contributed by atoms with van der Waals surface area (Å²) in [4.78, 5) is 11.9. The van der Waals surface area contributed by atoms with Crippen molar-refractivity contribution in [2.24, 2.45) is 0 Å². The maximum Gasteiger partial charge on any atom is 0.309 e. The molecule has 2 rings (SSSR count). The zero-order chi connectivity index (χ0) is 19.3. The molecule has 0 fully saturated rings. The second kappa shape index (κ2) is 8.96. The van der Waals surface area contributed by atoms with Crippen LogP contribution < -0.4 is 14.5 Å². The molecule has 0 radical (unpaired) electrons. The van der Waals surface area contributed by atoms with Crippen LogP contribution in [0.3, 0.4) is 0 Å². The van der Waals surface area contributed by atoms with Gasteiger partial charge in [-0.15, -0.1) is 0 Å². The number of benzene rings is 2. The highest BCUT2D eigenvalue weighted by molar-refractivity contribution is 8.13. The van der Waals surface area contributed by atoms with Gasteiger partial charge >= 0.3 is 5.24 Å². The Kier molecular flexibility index (Phi) is 6.94. The number of aryl methyl sites for hydroxylation is 3. The minimum atomic E-state index is -0.470. The van der Waals surface area contributed by atoms with Gasteiger partial charge in [-0.25, -0.2) is 0 Å². The highest BCUT2D eigenvalue weighted by Crippen LogP contribution is 2.32. The van der Waals surface area contributed by atoms with Crippen molar-refractivity contribution in [3.63, 3.8) is 0 Å². The number of anilines is 1. The molecule has 0 aromatic heterocycles. The van der Waals surface area contributed by atoms with Crippen molar-refractivity contribution < 1.29 is 19.5 Å². The van der Waals surface area contributed by atoms with Gasteiger partial charge in [-0.1, -0.05) is 23.9 Å². The van der Waals surface area contributed by atoms with E-state index in [4.69, 9.17) is 9.47 Å². The van der Waals surface area contributed by atoms with Crippen molar-refractivity contribution in [3.8, 4) is 11.5 Å². The minimum absolute atomic E-state index is 0.174. The molecule has 0 spiro atoms. The number of carbonyl (C=O) groups is 1.